The first kappa shape index (κ1) is 9.38. The van der Waals surface area contributed by atoms with E-state index in [1.165, 1.54) is 24.4 Å². The van der Waals surface area contributed by atoms with E-state index >= 15 is 0 Å². The number of nitrogens with zero attached hydrogens (tertiary/aromatic N) is 1. The van der Waals surface area contributed by atoms with Crippen molar-refractivity contribution in [3.05, 3.63) is 0 Å². The molecule has 1 fully saturated rings. The van der Waals surface area contributed by atoms with Crippen LogP contribution in [0.15, 0.2) is 4.99 Å². The lowest BCUT2D eigenvalue weighted by Gasteiger charge is -2.13. The molecule has 1 aliphatic carbocycles. The molecule has 2 aliphatic rings. The monoisotopic (exact) mass is 198 g/mol. The summed E-state index contributed by atoms with van der Waals surface area (Å²) in [5.74, 6) is 2.16. The maximum atomic E-state index is 4.52. The predicted octanol–water partition coefficient (Wildman–Crippen LogP) is 2.26. The van der Waals surface area contributed by atoms with E-state index in [1.807, 2.05) is 11.8 Å². The van der Waals surface area contributed by atoms with Crippen LogP contribution in [0.1, 0.15) is 33.1 Å². The SMILES string of the molecule is CC1CSC(NC(C)CC2CC2)=N1. The van der Waals surface area contributed by atoms with Gasteiger partial charge >= 0.3 is 0 Å². The second-order valence-electron chi connectivity index (χ2n) is 4.32. The number of rotatable bonds is 3. The van der Waals surface area contributed by atoms with Gasteiger partial charge in [0.15, 0.2) is 5.17 Å². The first-order valence-electron chi connectivity index (χ1n) is 5.21. The van der Waals surface area contributed by atoms with E-state index in [-0.39, 0.29) is 0 Å². The van der Waals surface area contributed by atoms with Gasteiger partial charge in [-0.3, -0.25) is 4.99 Å². The molecule has 2 nitrogen and oxygen atoms in total. The average molecular weight is 198 g/mol. The minimum absolute atomic E-state index is 0.514. The summed E-state index contributed by atoms with van der Waals surface area (Å²) in [7, 11) is 0. The Bertz CT molecular complexity index is 211. The zero-order chi connectivity index (χ0) is 9.26. The van der Waals surface area contributed by atoms with Crippen LogP contribution in [0.3, 0.4) is 0 Å². The summed E-state index contributed by atoms with van der Waals surface area (Å²) in [5, 5.41) is 4.66. The van der Waals surface area contributed by atoms with Gasteiger partial charge in [-0.1, -0.05) is 24.6 Å². The molecule has 13 heavy (non-hydrogen) atoms. The lowest BCUT2D eigenvalue weighted by molar-refractivity contribution is 0.565. The van der Waals surface area contributed by atoms with Gasteiger partial charge in [-0.25, -0.2) is 0 Å². The van der Waals surface area contributed by atoms with Crippen molar-refractivity contribution in [2.24, 2.45) is 10.9 Å². The lowest BCUT2D eigenvalue weighted by Crippen LogP contribution is -2.30. The van der Waals surface area contributed by atoms with Gasteiger partial charge in [0.25, 0.3) is 0 Å². The molecule has 2 rings (SSSR count). The molecule has 0 bridgehead atoms. The number of hydrogen-bond acceptors (Lipinski definition) is 3. The molecule has 1 heterocycles. The highest BCUT2D eigenvalue weighted by Gasteiger charge is 2.24. The van der Waals surface area contributed by atoms with Crippen LogP contribution in [0.25, 0.3) is 0 Å². The summed E-state index contributed by atoms with van der Waals surface area (Å²) in [6.07, 6.45) is 4.22. The van der Waals surface area contributed by atoms with E-state index in [4.69, 9.17) is 0 Å². The van der Waals surface area contributed by atoms with E-state index in [1.54, 1.807) is 0 Å². The van der Waals surface area contributed by atoms with Crippen molar-refractivity contribution >= 4 is 16.9 Å². The standard InChI is InChI=1S/C10H18N2S/c1-7(5-9-3-4-9)11-10-12-8(2)6-13-10/h7-9H,3-6H2,1-2H3,(H,11,12). The first-order valence-corrected chi connectivity index (χ1v) is 6.19. The van der Waals surface area contributed by atoms with Crippen molar-refractivity contribution in [2.45, 2.75) is 45.2 Å². The van der Waals surface area contributed by atoms with Gasteiger partial charge in [0, 0.05) is 11.8 Å². The molecule has 2 unspecified atom stereocenters. The second-order valence-corrected chi connectivity index (χ2v) is 5.33. The molecule has 74 valence electrons. The normalized spacial score (nSPS) is 30.0. The minimum Gasteiger partial charge on any atom is -0.362 e. The minimum atomic E-state index is 0.514. The molecular weight excluding hydrogens is 180 g/mol. The van der Waals surface area contributed by atoms with Gasteiger partial charge in [-0.05, 0) is 26.2 Å². The van der Waals surface area contributed by atoms with E-state index in [2.05, 4.69) is 24.2 Å². The Kier molecular flexibility index (Phi) is 2.82. The maximum Gasteiger partial charge on any atom is 0.157 e. The molecule has 1 saturated carbocycles. The number of nitrogens with one attached hydrogen (secondary N) is 1. The van der Waals surface area contributed by atoms with Crippen LogP contribution in [-0.4, -0.2) is 23.0 Å². The third-order valence-corrected chi connectivity index (χ3v) is 3.70. The van der Waals surface area contributed by atoms with E-state index in [0.717, 1.165) is 11.7 Å². The van der Waals surface area contributed by atoms with E-state index in [9.17, 15) is 0 Å². The zero-order valence-corrected chi connectivity index (χ0v) is 9.23. The zero-order valence-electron chi connectivity index (χ0n) is 8.42. The quantitative estimate of drug-likeness (QED) is 0.752. The molecule has 1 N–H and O–H groups in total. The summed E-state index contributed by atoms with van der Waals surface area (Å²) in [6.45, 7) is 4.44. The summed E-state index contributed by atoms with van der Waals surface area (Å²) >= 11 is 1.87. The first-order chi connectivity index (χ1) is 6.24. The van der Waals surface area contributed by atoms with Crippen LogP contribution in [0, 0.1) is 5.92 Å². The molecule has 0 aromatic rings. The van der Waals surface area contributed by atoms with Crippen molar-refractivity contribution in [2.75, 3.05) is 5.75 Å². The lowest BCUT2D eigenvalue weighted by atomic mass is 10.2. The molecule has 0 saturated heterocycles. The van der Waals surface area contributed by atoms with Crippen LogP contribution in [0.5, 0.6) is 0 Å². The highest BCUT2D eigenvalue weighted by Crippen LogP contribution is 2.33. The van der Waals surface area contributed by atoms with Gasteiger partial charge in [0.1, 0.15) is 0 Å². The number of aliphatic imine (C=N–C) groups is 1. The molecule has 3 heteroatoms. The van der Waals surface area contributed by atoms with Crippen molar-refractivity contribution in [1.82, 2.24) is 5.32 Å². The Morgan fingerprint density at radius 2 is 2.38 bits per heavy atom. The molecule has 0 aromatic carbocycles. The highest BCUT2D eigenvalue weighted by molar-refractivity contribution is 8.14. The Morgan fingerprint density at radius 1 is 1.62 bits per heavy atom. The summed E-state index contributed by atoms with van der Waals surface area (Å²) in [4.78, 5) is 4.52. The number of amidine groups is 1. The van der Waals surface area contributed by atoms with Gasteiger partial charge in [-0.2, -0.15) is 0 Å². The van der Waals surface area contributed by atoms with Crippen LogP contribution in [-0.2, 0) is 0 Å². The van der Waals surface area contributed by atoms with Gasteiger partial charge < -0.3 is 5.32 Å². The van der Waals surface area contributed by atoms with E-state index in [0.29, 0.717) is 12.1 Å². The Hall–Kier alpha value is -0.180. The number of thioether (sulfide) groups is 1. The van der Waals surface area contributed by atoms with Crippen molar-refractivity contribution < 1.29 is 0 Å². The average Bonchev–Trinajstić information content (AvgIpc) is 2.76. The van der Waals surface area contributed by atoms with Gasteiger partial charge in [-0.15, -0.1) is 0 Å². The summed E-state index contributed by atoms with van der Waals surface area (Å²) in [5.41, 5.74) is 0. The fourth-order valence-electron chi connectivity index (χ4n) is 1.68. The molecule has 1 aliphatic heterocycles. The summed E-state index contributed by atoms with van der Waals surface area (Å²) < 4.78 is 0. The maximum absolute atomic E-state index is 4.52. The Labute approximate surface area is 84.6 Å². The van der Waals surface area contributed by atoms with Crippen LogP contribution in [0.2, 0.25) is 0 Å². The smallest absolute Gasteiger partial charge is 0.157 e. The highest BCUT2D eigenvalue weighted by atomic mass is 32.2. The predicted molar refractivity (Wildman–Crippen MR) is 59.3 cm³/mol. The van der Waals surface area contributed by atoms with Crippen molar-refractivity contribution in [1.29, 1.82) is 0 Å². The topological polar surface area (TPSA) is 24.4 Å². The van der Waals surface area contributed by atoms with Crippen LogP contribution in [0.4, 0.5) is 0 Å². The van der Waals surface area contributed by atoms with Gasteiger partial charge in [0.05, 0.1) is 6.04 Å². The van der Waals surface area contributed by atoms with E-state index < -0.39 is 0 Å². The molecule has 0 radical (unpaired) electrons. The molecule has 0 aromatic heterocycles. The Balaban J connectivity index is 1.73. The second kappa shape index (κ2) is 3.91. The van der Waals surface area contributed by atoms with Crippen molar-refractivity contribution in [3.63, 3.8) is 0 Å². The third-order valence-electron chi connectivity index (χ3n) is 2.55. The molecule has 0 spiro atoms. The number of hydrogen-bond donors (Lipinski definition) is 1. The largest absolute Gasteiger partial charge is 0.362 e. The van der Waals surface area contributed by atoms with Gasteiger partial charge in [0.2, 0.25) is 0 Å². The fourth-order valence-corrected chi connectivity index (χ4v) is 2.69. The van der Waals surface area contributed by atoms with Crippen LogP contribution < -0.4 is 5.32 Å². The fraction of sp³-hybridized carbons (Fsp3) is 0.900. The summed E-state index contributed by atoms with van der Waals surface area (Å²) in [6, 6.07) is 1.13. The third kappa shape index (κ3) is 2.90. The molecular formula is C10H18N2S. The molecule has 0 amide bonds. The Morgan fingerprint density at radius 3 is 2.92 bits per heavy atom. The molecule has 2 atom stereocenters. The van der Waals surface area contributed by atoms with Crippen LogP contribution >= 0.6 is 11.8 Å². The van der Waals surface area contributed by atoms with Crippen molar-refractivity contribution in [3.8, 4) is 0 Å².